The maximum absolute atomic E-state index is 11.5. The number of halogens is 2. The number of hydrogen-bond donors (Lipinski definition) is 2. The summed E-state index contributed by atoms with van der Waals surface area (Å²) < 4.78 is 0.983. The molecule has 0 unspecified atom stereocenters. The van der Waals surface area contributed by atoms with Gasteiger partial charge in [-0.2, -0.15) is 0 Å². The van der Waals surface area contributed by atoms with Crippen LogP contribution in [0.1, 0.15) is 23.7 Å². The Morgan fingerprint density at radius 3 is 2.75 bits per heavy atom. The van der Waals surface area contributed by atoms with Gasteiger partial charge < -0.3 is 10.6 Å². The minimum Gasteiger partial charge on any atom is -0.351 e. The molecule has 1 rings (SSSR count). The van der Waals surface area contributed by atoms with Crippen LogP contribution in [0.4, 0.5) is 0 Å². The Hall–Kier alpha value is -0.100. The molecule has 0 aliphatic rings. The van der Waals surface area contributed by atoms with Crippen molar-refractivity contribution in [1.82, 2.24) is 10.6 Å². The maximum atomic E-state index is 11.5. The number of amides is 1. The molecule has 1 aromatic rings. The van der Waals surface area contributed by atoms with Crippen molar-refractivity contribution in [3.8, 4) is 0 Å². The fourth-order valence-corrected chi connectivity index (χ4v) is 2.23. The molecule has 0 aromatic carbocycles. The summed E-state index contributed by atoms with van der Waals surface area (Å²) in [5.74, 6) is -0.00440. The Morgan fingerprint density at radius 1 is 1.44 bits per heavy atom. The molecule has 92 valence electrons. The summed E-state index contributed by atoms with van der Waals surface area (Å²) in [6.45, 7) is 4.62. The molecule has 6 heteroatoms. The van der Waals surface area contributed by atoms with Gasteiger partial charge >= 0.3 is 0 Å². The van der Waals surface area contributed by atoms with Gasteiger partial charge in [0.15, 0.2) is 0 Å². The Balaban J connectivity index is 0.00000225. The molecule has 0 radical (unpaired) electrons. The Kier molecular flexibility index (Phi) is 8.93. The van der Waals surface area contributed by atoms with Crippen LogP contribution in [0.25, 0.3) is 0 Å². The van der Waals surface area contributed by atoms with Gasteiger partial charge in [0.2, 0.25) is 0 Å². The van der Waals surface area contributed by atoms with E-state index in [1.165, 1.54) is 11.3 Å². The minimum atomic E-state index is -0.00440. The van der Waals surface area contributed by atoms with Gasteiger partial charge in [-0.25, -0.2) is 0 Å². The zero-order chi connectivity index (χ0) is 11.1. The Labute approximate surface area is 115 Å². The van der Waals surface area contributed by atoms with E-state index in [9.17, 15) is 4.79 Å². The summed E-state index contributed by atoms with van der Waals surface area (Å²) >= 11 is 4.85. The van der Waals surface area contributed by atoms with E-state index in [-0.39, 0.29) is 18.3 Å². The molecule has 0 saturated carbocycles. The van der Waals surface area contributed by atoms with Gasteiger partial charge in [-0.05, 0) is 35.0 Å². The average Bonchev–Trinajstić information content (AvgIpc) is 2.64. The van der Waals surface area contributed by atoms with Crippen LogP contribution < -0.4 is 10.6 Å². The van der Waals surface area contributed by atoms with Crippen molar-refractivity contribution in [1.29, 1.82) is 0 Å². The van der Waals surface area contributed by atoms with E-state index in [1.54, 1.807) is 0 Å². The predicted octanol–water partition coefficient (Wildman–Crippen LogP) is 2.66. The standard InChI is InChI=1S/C10H15BrN2OS.ClH/c1-2-3-12-4-5-13-10(14)8-6-9(11)15-7-8;/h6-7,12H,2-5H2,1H3,(H,13,14);1H. The lowest BCUT2D eigenvalue weighted by Gasteiger charge is -2.04. The van der Waals surface area contributed by atoms with Crippen LogP contribution in [0, 0.1) is 0 Å². The fraction of sp³-hybridized carbons (Fsp3) is 0.500. The van der Waals surface area contributed by atoms with Crippen LogP contribution in [0.5, 0.6) is 0 Å². The quantitative estimate of drug-likeness (QED) is 0.789. The molecular weight excluding hydrogens is 312 g/mol. The van der Waals surface area contributed by atoms with Crippen molar-refractivity contribution in [2.45, 2.75) is 13.3 Å². The first-order valence-corrected chi connectivity index (χ1v) is 6.64. The molecule has 0 bridgehead atoms. The second-order valence-corrected chi connectivity index (χ2v) is 5.44. The molecule has 0 fully saturated rings. The molecule has 3 nitrogen and oxygen atoms in total. The molecule has 1 heterocycles. The summed E-state index contributed by atoms with van der Waals surface area (Å²) in [5.41, 5.74) is 0.724. The lowest BCUT2D eigenvalue weighted by atomic mass is 10.3. The second-order valence-electron chi connectivity index (χ2n) is 3.15. The molecule has 1 amide bonds. The number of rotatable bonds is 6. The first-order chi connectivity index (χ1) is 7.24. The molecule has 2 N–H and O–H groups in total. The number of thiophene rings is 1. The van der Waals surface area contributed by atoms with Crippen LogP contribution >= 0.6 is 39.7 Å². The van der Waals surface area contributed by atoms with Gasteiger partial charge in [-0.15, -0.1) is 23.7 Å². The highest BCUT2D eigenvalue weighted by molar-refractivity contribution is 9.11. The lowest BCUT2D eigenvalue weighted by Crippen LogP contribution is -2.31. The van der Waals surface area contributed by atoms with E-state index in [4.69, 9.17) is 0 Å². The number of hydrogen-bond acceptors (Lipinski definition) is 3. The minimum absolute atomic E-state index is 0. The van der Waals surface area contributed by atoms with Gasteiger partial charge in [0.05, 0.1) is 9.35 Å². The Bertz CT molecular complexity index is 320. The van der Waals surface area contributed by atoms with Crippen LogP contribution in [-0.4, -0.2) is 25.5 Å². The van der Waals surface area contributed by atoms with Crippen LogP contribution in [0.15, 0.2) is 15.2 Å². The molecule has 0 aliphatic heterocycles. The van der Waals surface area contributed by atoms with E-state index < -0.39 is 0 Å². The number of nitrogens with one attached hydrogen (secondary N) is 2. The van der Waals surface area contributed by atoms with E-state index in [0.29, 0.717) is 6.54 Å². The van der Waals surface area contributed by atoms with Crippen molar-refractivity contribution in [2.24, 2.45) is 0 Å². The first kappa shape index (κ1) is 15.9. The zero-order valence-electron chi connectivity index (χ0n) is 9.09. The van der Waals surface area contributed by atoms with Gasteiger partial charge in [0.1, 0.15) is 0 Å². The van der Waals surface area contributed by atoms with Crippen molar-refractivity contribution in [2.75, 3.05) is 19.6 Å². The third-order valence-electron chi connectivity index (χ3n) is 1.84. The molecule has 0 aliphatic carbocycles. The first-order valence-electron chi connectivity index (χ1n) is 4.97. The van der Waals surface area contributed by atoms with Gasteiger partial charge in [-0.3, -0.25) is 4.79 Å². The third-order valence-corrected chi connectivity index (χ3v) is 3.35. The summed E-state index contributed by atoms with van der Waals surface area (Å²) in [5, 5.41) is 7.93. The molecule has 1 aromatic heterocycles. The zero-order valence-corrected chi connectivity index (χ0v) is 12.3. The highest BCUT2D eigenvalue weighted by Crippen LogP contribution is 2.20. The van der Waals surface area contributed by atoms with Crippen LogP contribution in [0.3, 0.4) is 0 Å². The topological polar surface area (TPSA) is 41.1 Å². The lowest BCUT2D eigenvalue weighted by molar-refractivity contribution is 0.0954. The summed E-state index contributed by atoms with van der Waals surface area (Å²) in [4.78, 5) is 11.5. The van der Waals surface area contributed by atoms with Crippen molar-refractivity contribution < 1.29 is 4.79 Å². The summed E-state index contributed by atoms with van der Waals surface area (Å²) in [6, 6.07) is 1.83. The monoisotopic (exact) mass is 326 g/mol. The predicted molar refractivity (Wildman–Crippen MR) is 74.8 cm³/mol. The highest BCUT2D eigenvalue weighted by atomic mass is 79.9. The van der Waals surface area contributed by atoms with Crippen molar-refractivity contribution in [3.63, 3.8) is 0 Å². The van der Waals surface area contributed by atoms with E-state index in [1.807, 2.05) is 11.4 Å². The second kappa shape index (κ2) is 8.98. The number of carbonyl (C=O) groups is 1. The number of carbonyl (C=O) groups excluding carboxylic acids is 1. The van der Waals surface area contributed by atoms with Crippen LogP contribution in [-0.2, 0) is 0 Å². The van der Waals surface area contributed by atoms with Crippen molar-refractivity contribution in [3.05, 3.63) is 20.8 Å². The van der Waals surface area contributed by atoms with E-state index in [2.05, 4.69) is 33.5 Å². The smallest absolute Gasteiger partial charge is 0.252 e. The van der Waals surface area contributed by atoms with Gasteiger partial charge in [-0.1, -0.05) is 6.92 Å². The van der Waals surface area contributed by atoms with E-state index in [0.717, 1.165) is 28.9 Å². The molecule has 16 heavy (non-hydrogen) atoms. The highest BCUT2D eigenvalue weighted by Gasteiger charge is 2.06. The van der Waals surface area contributed by atoms with Gasteiger partial charge in [0, 0.05) is 18.5 Å². The van der Waals surface area contributed by atoms with Gasteiger partial charge in [0.25, 0.3) is 5.91 Å². The molecular formula is C10H16BrClN2OS. The molecule has 0 atom stereocenters. The fourth-order valence-electron chi connectivity index (χ4n) is 1.10. The normalized spacial score (nSPS) is 9.62. The SMILES string of the molecule is CCCNCCNC(=O)c1csc(Br)c1.Cl. The summed E-state index contributed by atoms with van der Waals surface area (Å²) in [6.07, 6.45) is 1.12. The molecule has 0 saturated heterocycles. The average molecular weight is 328 g/mol. The Morgan fingerprint density at radius 2 is 2.19 bits per heavy atom. The van der Waals surface area contributed by atoms with Crippen molar-refractivity contribution >= 4 is 45.6 Å². The van der Waals surface area contributed by atoms with E-state index >= 15 is 0 Å². The largest absolute Gasteiger partial charge is 0.351 e. The maximum Gasteiger partial charge on any atom is 0.252 e. The summed E-state index contributed by atoms with van der Waals surface area (Å²) in [7, 11) is 0. The molecule has 0 spiro atoms. The van der Waals surface area contributed by atoms with Crippen LogP contribution in [0.2, 0.25) is 0 Å². The third kappa shape index (κ3) is 5.84.